The number of methoxy groups -OCH3 is 3. The molecule has 1 amide bonds. The van der Waals surface area contributed by atoms with Gasteiger partial charge in [0.25, 0.3) is 0 Å². The molecule has 3 rings (SSSR count). The molecule has 1 atom stereocenters. The van der Waals surface area contributed by atoms with Gasteiger partial charge in [0.1, 0.15) is 5.75 Å². The van der Waals surface area contributed by atoms with Gasteiger partial charge in [0.2, 0.25) is 0 Å². The Morgan fingerprint density at radius 1 is 1.04 bits per heavy atom. The molecule has 0 fully saturated rings. The van der Waals surface area contributed by atoms with E-state index in [0.717, 1.165) is 22.4 Å². The fourth-order valence-corrected chi connectivity index (χ4v) is 3.46. The third-order valence-corrected chi connectivity index (χ3v) is 4.75. The lowest BCUT2D eigenvalue weighted by Gasteiger charge is -2.36. The number of hydrogen-bond acceptors (Lipinski definition) is 4. The van der Waals surface area contributed by atoms with Crippen LogP contribution in [0.25, 0.3) is 0 Å². The van der Waals surface area contributed by atoms with Gasteiger partial charge < -0.3 is 19.1 Å². The molecule has 1 aliphatic rings. The zero-order valence-corrected chi connectivity index (χ0v) is 15.2. The molecule has 1 unspecified atom stereocenters. The molecule has 0 N–H and O–H groups in total. The van der Waals surface area contributed by atoms with Crippen LogP contribution in [0.2, 0.25) is 0 Å². The van der Waals surface area contributed by atoms with Gasteiger partial charge >= 0.3 is 5.37 Å². The van der Waals surface area contributed by atoms with E-state index in [-0.39, 0.29) is 6.04 Å². The quantitative estimate of drug-likeness (QED) is 0.609. The van der Waals surface area contributed by atoms with Gasteiger partial charge in [-0.15, -0.1) is 0 Å². The highest BCUT2D eigenvalue weighted by Gasteiger charge is 2.32. The predicted molar refractivity (Wildman–Crippen MR) is 96.0 cm³/mol. The summed E-state index contributed by atoms with van der Waals surface area (Å²) in [4.78, 5) is 13.7. The molecule has 1 heterocycles. The number of rotatable bonds is 4. The van der Waals surface area contributed by atoms with Crippen molar-refractivity contribution in [2.24, 2.45) is 0 Å². The van der Waals surface area contributed by atoms with E-state index in [0.29, 0.717) is 24.5 Å². The van der Waals surface area contributed by atoms with E-state index in [1.54, 1.807) is 26.2 Å². The van der Waals surface area contributed by atoms with Crippen LogP contribution in [0.4, 0.5) is 4.79 Å². The van der Waals surface area contributed by atoms with Gasteiger partial charge in [-0.25, -0.2) is 0 Å². The summed E-state index contributed by atoms with van der Waals surface area (Å²) in [6.45, 7) is 0.543. The number of carbonyl (C=O) groups excluding carboxylic acids is 1. The molecule has 25 heavy (non-hydrogen) atoms. The van der Waals surface area contributed by atoms with Crippen LogP contribution in [0.15, 0.2) is 36.4 Å². The second-order valence-electron chi connectivity index (χ2n) is 5.78. The second-order valence-corrected chi connectivity index (χ2v) is 6.10. The van der Waals surface area contributed by atoms with E-state index >= 15 is 0 Å². The SMILES string of the molecule is COc1ccc(C2c3cc(OC)c(OC)cc3CCN2C(=O)Cl)cc1. The van der Waals surface area contributed by atoms with Gasteiger partial charge in [-0.05, 0) is 59.0 Å². The van der Waals surface area contributed by atoms with Crippen molar-refractivity contribution >= 4 is 17.0 Å². The Bertz CT molecular complexity index is 776. The average molecular weight is 362 g/mol. The number of nitrogens with zero attached hydrogens (tertiary/aromatic N) is 1. The Kier molecular flexibility index (Phi) is 5.04. The smallest absolute Gasteiger partial charge is 0.317 e. The Labute approximate surface area is 152 Å². The minimum atomic E-state index is -0.471. The molecule has 0 saturated heterocycles. The molecule has 0 spiro atoms. The summed E-state index contributed by atoms with van der Waals surface area (Å²) in [5.74, 6) is 2.07. The van der Waals surface area contributed by atoms with Gasteiger partial charge in [0.05, 0.1) is 27.4 Å². The van der Waals surface area contributed by atoms with Crippen molar-refractivity contribution in [1.82, 2.24) is 4.90 Å². The first-order valence-electron chi connectivity index (χ1n) is 7.94. The number of fused-ring (bicyclic) bond motifs is 1. The molecule has 0 aromatic heterocycles. The third kappa shape index (κ3) is 3.24. The standard InChI is InChI=1S/C19H20ClNO4/c1-23-14-6-4-12(5-7-14)18-15-11-17(25-3)16(24-2)10-13(15)8-9-21(18)19(20)22/h4-7,10-11,18H,8-9H2,1-3H3. The maximum atomic E-state index is 12.0. The molecule has 6 heteroatoms. The third-order valence-electron chi connectivity index (χ3n) is 4.53. The molecule has 1 aliphatic heterocycles. The lowest BCUT2D eigenvalue weighted by atomic mass is 9.88. The van der Waals surface area contributed by atoms with E-state index in [9.17, 15) is 4.79 Å². The Morgan fingerprint density at radius 3 is 2.24 bits per heavy atom. The Balaban J connectivity index is 2.13. The molecule has 0 aliphatic carbocycles. The average Bonchev–Trinajstić information content (AvgIpc) is 2.65. The van der Waals surface area contributed by atoms with Crippen molar-refractivity contribution in [3.05, 3.63) is 53.1 Å². The highest BCUT2D eigenvalue weighted by molar-refractivity contribution is 6.62. The largest absolute Gasteiger partial charge is 0.497 e. The Hall–Kier alpha value is -2.40. The van der Waals surface area contributed by atoms with Gasteiger partial charge in [0.15, 0.2) is 11.5 Å². The van der Waals surface area contributed by atoms with E-state index in [4.69, 9.17) is 25.8 Å². The van der Waals surface area contributed by atoms with Crippen molar-refractivity contribution in [3.8, 4) is 17.2 Å². The summed E-state index contributed by atoms with van der Waals surface area (Å²) in [6, 6.07) is 11.3. The Morgan fingerprint density at radius 2 is 1.68 bits per heavy atom. The van der Waals surface area contributed by atoms with Gasteiger partial charge in [-0.1, -0.05) is 12.1 Å². The fraction of sp³-hybridized carbons (Fsp3) is 0.316. The number of benzene rings is 2. The van der Waals surface area contributed by atoms with Crippen LogP contribution in [0.3, 0.4) is 0 Å². The number of amides is 1. The minimum Gasteiger partial charge on any atom is -0.497 e. The fourth-order valence-electron chi connectivity index (χ4n) is 3.28. The first kappa shape index (κ1) is 17.4. The summed E-state index contributed by atoms with van der Waals surface area (Å²) >= 11 is 5.86. The maximum absolute atomic E-state index is 12.0. The molecule has 5 nitrogen and oxygen atoms in total. The van der Waals surface area contributed by atoms with Crippen LogP contribution in [-0.4, -0.2) is 38.1 Å². The number of carbonyl (C=O) groups is 1. The summed E-state index contributed by atoms with van der Waals surface area (Å²) in [5.41, 5.74) is 3.07. The topological polar surface area (TPSA) is 48.0 Å². The molecule has 132 valence electrons. The van der Waals surface area contributed by atoms with Crippen LogP contribution in [0, 0.1) is 0 Å². The summed E-state index contributed by atoms with van der Waals surface area (Å²) in [7, 11) is 4.83. The van der Waals surface area contributed by atoms with E-state index in [2.05, 4.69) is 0 Å². The number of ether oxygens (including phenoxy) is 3. The van der Waals surface area contributed by atoms with Crippen LogP contribution in [0.5, 0.6) is 17.2 Å². The van der Waals surface area contributed by atoms with Gasteiger partial charge in [-0.3, -0.25) is 4.79 Å². The van der Waals surface area contributed by atoms with Crippen LogP contribution >= 0.6 is 11.6 Å². The van der Waals surface area contributed by atoms with Crippen LogP contribution < -0.4 is 14.2 Å². The van der Waals surface area contributed by atoms with Crippen LogP contribution in [-0.2, 0) is 6.42 Å². The van der Waals surface area contributed by atoms with Crippen molar-refractivity contribution in [3.63, 3.8) is 0 Å². The molecule has 2 aromatic rings. The first-order valence-corrected chi connectivity index (χ1v) is 8.31. The normalized spacial score (nSPS) is 16.2. The molecule has 2 aromatic carbocycles. The number of hydrogen-bond donors (Lipinski definition) is 0. The number of halogens is 1. The highest BCUT2D eigenvalue weighted by Crippen LogP contribution is 2.41. The van der Waals surface area contributed by atoms with Gasteiger partial charge in [-0.2, -0.15) is 0 Å². The van der Waals surface area contributed by atoms with E-state index in [1.807, 2.05) is 36.4 Å². The van der Waals surface area contributed by atoms with Crippen molar-refractivity contribution in [2.75, 3.05) is 27.9 Å². The van der Waals surface area contributed by atoms with Crippen LogP contribution in [0.1, 0.15) is 22.7 Å². The second kappa shape index (κ2) is 7.23. The van der Waals surface area contributed by atoms with E-state index < -0.39 is 5.37 Å². The van der Waals surface area contributed by atoms with Crippen molar-refractivity contribution in [2.45, 2.75) is 12.5 Å². The summed E-state index contributed by atoms with van der Waals surface area (Å²) in [6.07, 6.45) is 0.709. The van der Waals surface area contributed by atoms with Crippen molar-refractivity contribution < 1.29 is 19.0 Å². The monoisotopic (exact) mass is 361 g/mol. The summed E-state index contributed by atoms with van der Waals surface area (Å²) in [5, 5.41) is -0.471. The lowest BCUT2D eigenvalue weighted by molar-refractivity contribution is 0.204. The highest BCUT2D eigenvalue weighted by atomic mass is 35.5. The minimum absolute atomic E-state index is 0.278. The first-order chi connectivity index (χ1) is 12.1. The zero-order valence-electron chi connectivity index (χ0n) is 14.4. The molecular formula is C19H20ClNO4. The van der Waals surface area contributed by atoms with Gasteiger partial charge in [0, 0.05) is 6.54 Å². The lowest BCUT2D eigenvalue weighted by Crippen LogP contribution is -2.37. The predicted octanol–water partition coefficient (Wildman–Crippen LogP) is 4.02. The molecule has 0 radical (unpaired) electrons. The molecular weight excluding hydrogens is 342 g/mol. The maximum Gasteiger partial charge on any atom is 0.317 e. The molecule has 0 bridgehead atoms. The summed E-state index contributed by atoms with van der Waals surface area (Å²) < 4.78 is 16.1. The molecule has 0 saturated carbocycles. The zero-order chi connectivity index (χ0) is 18.0. The van der Waals surface area contributed by atoms with Crippen molar-refractivity contribution in [1.29, 1.82) is 0 Å². The van der Waals surface area contributed by atoms with E-state index in [1.165, 1.54) is 0 Å².